The fourth-order valence-corrected chi connectivity index (χ4v) is 6.66. The number of nitriles is 1. The molecule has 0 radical (unpaired) electrons. The van der Waals surface area contributed by atoms with Gasteiger partial charge < -0.3 is 9.64 Å². The number of hydrogen-bond donors (Lipinski definition) is 0. The van der Waals surface area contributed by atoms with Crippen molar-refractivity contribution in [3.05, 3.63) is 65.1 Å². The first kappa shape index (κ1) is 25.0. The van der Waals surface area contributed by atoms with Crippen LogP contribution in [0.4, 0.5) is 4.79 Å². The van der Waals surface area contributed by atoms with E-state index in [9.17, 15) is 19.6 Å². The number of hydrogen-bond acceptors (Lipinski definition) is 6. The topological polar surface area (TPSA) is 90.7 Å². The van der Waals surface area contributed by atoms with Crippen molar-refractivity contribution in [1.29, 1.82) is 5.26 Å². The lowest BCUT2D eigenvalue weighted by atomic mass is 10.1. The first-order valence-corrected chi connectivity index (χ1v) is 13.5. The van der Waals surface area contributed by atoms with Gasteiger partial charge in [0.1, 0.15) is 18.9 Å². The van der Waals surface area contributed by atoms with Crippen LogP contribution in [0.5, 0.6) is 5.75 Å². The highest BCUT2D eigenvalue weighted by atomic mass is 127. The molecule has 2 fully saturated rings. The molecule has 34 heavy (non-hydrogen) atoms. The van der Waals surface area contributed by atoms with Crippen LogP contribution in [-0.2, 0) is 16.2 Å². The minimum absolute atomic E-state index is 0.190. The average molecular weight is 699 g/mol. The predicted octanol–water partition coefficient (Wildman–Crippen LogP) is 5.01. The van der Waals surface area contributed by atoms with Crippen LogP contribution >= 0.6 is 56.9 Å². The third-order valence-corrected chi connectivity index (χ3v) is 7.96. The highest BCUT2D eigenvalue weighted by Gasteiger charge is 2.37. The molecule has 0 aromatic heterocycles. The van der Waals surface area contributed by atoms with Crippen molar-refractivity contribution in [2.45, 2.75) is 19.4 Å². The fourth-order valence-electron chi connectivity index (χ4n) is 3.70. The summed E-state index contributed by atoms with van der Waals surface area (Å²) in [6.07, 6.45) is 3.58. The number of thioether (sulfide) groups is 1. The molecule has 2 aromatic rings. The molecule has 3 amide bonds. The zero-order valence-electron chi connectivity index (χ0n) is 17.9. The van der Waals surface area contributed by atoms with Crippen LogP contribution in [-0.4, -0.2) is 46.5 Å². The Balaban J connectivity index is 1.47. The first-order valence-electron chi connectivity index (χ1n) is 10.5. The molecule has 0 unspecified atom stereocenters. The van der Waals surface area contributed by atoms with Crippen molar-refractivity contribution >= 4 is 80.1 Å². The number of ether oxygens (including phenoxy) is 1. The normalized spacial score (nSPS) is 16.9. The van der Waals surface area contributed by atoms with Gasteiger partial charge in [0.2, 0.25) is 5.91 Å². The molecule has 2 saturated heterocycles. The molecule has 2 heterocycles. The van der Waals surface area contributed by atoms with Crippen LogP contribution in [0, 0.1) is 18.5 Å². The standard InChI is InChI=1S/C24H19I2N3O4S/c25-18-9-15(10-19(26)22(18)33-14-17-6-2-1-5-16(17)12-27)11-20-23(31)29(24(32)34-20)13-21(30)28-7-3-4-8-28/h1-2,5-6,9-11H,3-4,7-8,13-14H2/b20-11+. The molecule has 0 aliphatic carbocycles. The summed E-state index contributed by atoms with van der Waals surface area (Å²) < 4.78 is 7.69. The zero-order chi connectivity index (χ0) is 24.2. The Bertz CT molecular complexity index is 1210. The Morgan fingerprint density at radius 3 is 2.50 bits per heavy atom. The Morgan fingerprint density at radius 1 is 1.15 bits per heavy atom. The number of nitrogens with zero attached hydrogens (tertiary/aromatic N) is 3. The summed E-state index contributed by atoms with van der Waals surface area (Å²) in [7, 11) is 0. The highest BCUT2D eigenvalue weighted by molar-refractivity contribution is 14.1. The second-order valence-corrected chi connectivity index (χ2v) is 11.0. The van der Waals surface area contributed by atoms with Gasteiger partial charge in [-0.05, 0) is 99.6 Å². The second-order valence-electron chi connectivity index (χ2n) is 7.73. The van der Waals surface area contributed by atoms with Crippen molar-refractivity contribution in [3.8, 4) is 11.8 Å². The van der Waals surface area contributed by atoms with Crippen molar-refractivity contribution in [2.75, 3.05) is 19.6 Å². The summed E-state index contributed by atoms with van der Waals surface area (Å²) in [5.41, 5.74) is 2.14. The highest BCUT2D eigenvalue weighted by Crippen LogP contribution is 2.35. The molecular weight excluding hydrogens is 680 g/mol. The number of carbonyl (C=O) groups is 3. The van der Waals surface area contributed by atoms with Crippen LogP contribution in [0.2, 0.25) is 0 Å². The van der Waals surface area contributed by atoms with E-state index in [1.807, 2.05) is 30.3 Å². The molecular formula is C24H19I2N3O4S. The van der Waals surface area contributed by atoms with E-state index >= 15 is 0 Å². The monoisotopic (exact) mass is 699 g/mol. The zero-order valence-corrected chi connectivity index (χ0v) is 23.1. The summed E-state index contributed by atoms with van der Waals surface area (Å²) in [4.78, 5) is 40.6. The molecule has 10 heteroatoms. The van der Waals surface area contributed by atoms with Gasteiger partial charge in [-0.25, -0.2) is 0 Å². The Labute approximate surface area is 228 Å². The minimum Gasteiger partial charge on any atom is -0.487 e. The largest absolute Gasteiger partial charge is 0.487 e. The Hall–Kier alpha value is -2.11. The van der Waals surface area contributed by atoms with Crippen LogP contribution in [0.25, 0.3) is 6.08 Å². The smallest absolute Gasteiger partial charge is 0.294 e. The number of imide groups is 1. The van der Waals surface area contributed by atoms with Crippen molar-refractivity contribution in [3.63, 3.8) is 0 Å². The lowest BCUT2D eigenvalue weighted by molar-refractivity contribution is -0.135. The molecule has 2 aliphatic rings. The van der Waals surface area contributed by atoms with E-state index in [4.69, 9.17) is 4.74 Å². The molecule has 0 spiro atoms. The average Bonchev–Trinajstić information content (AvgIpc) is 3.44. The summed E-state index contributed by atoms with van der Waals surface area (Å²) >= 11 is 5.18. The molecule has 7 nitrogen and oxygen atoms in total. The minimum atomic E-state index is -0.444. The first-order chi connectivity index (χ1) is 16.4. The molecule has 0 saturated carbocycles. The SMILES string of the molecule is N#Cc1ccccc1COc1c(I)cc(/C=C2/SC(=O)N(CC(=O)N3CCCC3)C2=O)cc1I. The molecule has 4 rings (SSSR count). The maximum absolute atomic E-state index is 12.8. The van der Waals surface area contributed by atoms with Gasteiger partial charge in [0.15, 0.2) is 0 Å². The van der Waals surface area contributed by atoms with E-state index in [0.29, 0.717) is 29.3 Å². The van der Waals surface area contributed by atoms with Crippen LogP contribution < -0.4 is 4.74 Å². The van der Waals surface area contributed by atoms with E-state index in [1.165, 1.54) is 0 Å². The molecule has 174 valence electrons. The molecule has 2 aliphatic heterocycles. The third kappa shape index (κ3) is 5.58. The van der Waals surface area contributed by atoms with Gasteiger partial charge in [0, 0.05) is 18.7 Å². The van der Waals surface area contributed by atoms with Gasteiger partial charge in [0.25, 0.3) is 11.1 Å². The number of halogens is 2. The Kier molecular flexibility index (Phi) is 8.15. The lowest BCUT2D eigenvalue weighted by Crippen LogP contribution is -2.40. The van der Waals surface area contributed by atoms with E-state index < -0.39 is 11.1 Å². The molecule has 2 aromatic carbocycles. The Morgan fingerprint density at radius 2 is 1.82 bits per heavy atom. The molecule has 0 N–H and O–H groups in total. The van der Waals surface area contributed by atoms with Crippen molar-refractivity contribution in [2.24, 2.45) is 0 Å². The maximum atomic E-state index is 12.8. The lowest BCUT2D eigenvalue weighted by Gasteiger charge is -2.18. The summed E-state index contributed by atoms with van der Waals surface area (Å²) in [6.45, 7) is 1.41. The number of likely N-dealkylation sites (tertiary alicyclic amines) is 1. The van der Waals surface area contributed by atoms with Crippen molar-refractivity contribution in [1.82, 2.24) is 9.80 Å². The van der Waals surface area contributed by atoms with Gasteiger partial charge >= 0.3 is 0 Å². The van der Waals surface area contributed by atoms with Crippen LogP contribution in [0.3, 0.4) is 0 Å². The van der Waals surface area contributed by atoms with Gasteiger partial charge in [-0.2, -0.15) is 5.26 Å². The van der Waals surface area contributed by atoms with Gasteiger partial charge in [-0.15, -0.1) is 0 Å². The summed E-state index contributed by atoms with van der Waals surface area (Å²) in [5.74, 6) is 0.0565. The predicted molar refractivity (Wildman–Crippen MR) is 146 cm³/mol. The summed E-state index contributed by atoms with van der Waals surface area (Å²) in [5, 5.41) is 8.84. The van der Waals surface area contributed by atoms with E-state index in [2.05, 4.69) is 51.3 Å². The second kappa shape index (κ2) is 11.1. The van der Waals surface area contributed by atoms with Gasteiger partial charge in [0.05, 0.1) is 23.7 Å². The number of carbonyl (C=O) groups excluding carboxylic acids is 3. The fraction of sp³-hybridized carbons (Fsp3) is 0.250. The van der Waals surface area contributed by atoms with Gasteiger partial charge in [-0.1, -0.05) is 18.2 Å². The van der Waals surface area contributed by atoms with Crippen LogP contribution in [0.15, 0.2) is 41.3 Å². The van der Waals surface area contributed by atoms with E-state index in [-0.39, 0.29) is 19.1 Å². The number of benzene rings is 2. The summed E-state index contributed by atoms with van der Waals surface area (Å²) in [6, 6.07) is 13.2. The third-order valence-electron chi connectivity index (χ3n) is 5.45. The van der Waals surface area contributed by atoms with Crippen molar-refractivity contribution < 1.29 is 19.1 Å². The molecule has 0 atom stereocenters. The number of rotatable bonds is 6. The van der Waals surface area contributed by atoms with Gasteiger partial charge in [-0.3, -0.25) is 19.3 Å². The quantitative estimate of drug-likeness (QED) is 0.312. The van der Waals surface area contributed by atoms with E-state index in [1.54, 1.807) is 17.0 Å². The molecule has 0 bridgehead atoms. The van der Waals surface area contributed by atoms with E-state index in [0.717, 1.165) is 47.8 Å². The maximum Gasteiger partial charge on any atom is 0.294 e. The van der Waals surface area contributed by atoms with Crippen LogP contribution in [0.1, 0.15) is 29.5 Å². The number of amides is 3.